The second kappa shape index (κ2) is 6.70. The number of halogens is 4. The minimum Gasteiger partial charge on any atom is -0.504 e. The normalized spacial score (nSPS) is 11.7. The molecule has 0 aliphatic carbocycles. The van der Waals surface area contributed by atoms with Crippen molar-refractivity contribution in [3.05, 3.63) is 58.9 Å². The number of nitrogens with zero attached hydrogens (tertiary/aromatic N) is 1. The van der Waals surface area contributed by atoms with Gasteiger partial charge in [-0.1, -0.05) is 11.6 Å². The Balaban J connectivity index is 2.19. The van der Waals surface area contributed by atoms with Crippen molar-refractivity contribution in [1.29, 1.82) is 0 Å². The van der Waals surface area contributed by atoms with Gasteiger partial charge in [0.2, 0.25) is 5.88 Å². The third kappa shape index (κ3) is 4.14. The van der Waals surface area contributed by atoms with Crippen LogP contribution in [0.2, 0.25) is 5.02 Å². The number of ether oxygens (including phenoxy) is 2. The fourth-order valence-electron chi connectivity index (χ4n) is 1.60. The van der Waals surface area contributed by atoms with Crippen molar-refractivity contribution in [2.24, 2.45) is 0 Å². The third-order valence-electron chi connectivity index (χ3n) is 2.62. The highest BCUT2D eigenvalue weighted by Crippen LogP contribution is 2.37. The summed E-state index contributed by atoms with van der Waals surface area (Å²) in [6.45, 7) is 0. The summed E-state index contributed by atoms with van der Waals surface area (Å²) in [4.78, 5) is 4.00. The lowest BCUT2D eigenvalue weighted by Gasteiger charge is -2.11. The molecule has 0 aliphatic rings. The minimum atomic E-state index is -4.54. The number of hydrogen-bond acceptors (Lipinski definition) is 3. The van der Waals surface area contributed by atoms with Crippen LogP contribution in [-0.2, 0) is 10.9 Å². The molecule has 0 unspecified atom stereocenters. The molecule has 0 atom stereocenters. The molecule has 2 rings (SSSR count). The van der Waals surface area contributed by atoms with Gasteiger partial charge in [-0.2, -0.15) is 13.2 Å². The first kappa shape index (κ1) is 16.2. The van der Waals surface area contributed by atoms with Gasteiger partial charge in [0.25, 0.3) is 0 Å². The van der Waals surface area contributed by atoms with E-state index in [2.05, 4.69) is 4.98 Å². The summed E-state index contributed by atoms with van der Waals surface area (Å²) < 4.78 is 48.4. The lowest BCUT2D eigenvalue weighted by atomic mass is 10.2. The molecular formula is C15H11ClF3NO2. The van der Waals surface area contributed by atoms with E-state index in [1.54, 1.807) is 12.1 Å². The largest absolute Gasteiger partial charge is 0.504 e. The van der Waals surface area contributed by atoms with Gasteiger partial charge in [0.1, 0.15) is 5.75 Å². The van der Waals surface area contributed by atoms with Crippen LogP contribution in [0, 0.1) is 0 Å². The highest BCUT2D eigenvalue weighted by atomic mass is 35.5. The number of aromatic nitrogens is 1. The first-order valence-electron chi connectivity index (χ1n) is 6.10. The molecule has 0 spiro atoms. The van der Waals surface area contributed by atoms with Crippen LogP contribution in [-0.4, -0.2) is 12.1 Å². The van der Waals surface area contributed by atoms with E-state index in [1.807, 2.05) is 0 Å². The van der Waals surface area contributed by atoms with Crippen molar-refractivity contribution < 1.29 is 22.6 Å². The zero-order chi connectivity index (χ0) is 16.2. The van der Waals surface area contributed by atoms with Crippen LogP contribution in [0.25, 0.3) is 6.08 Å². The average molecular weight is 330 g/mol. The van der Waals surface area contributed by atoms with Crippen LogP contribution >= 0.6 is 11.6 Å². The van der Waals surface area contributed by atoms with E-state index in [0.29, 0.717) is 0 Å². The predicted octanol–water partition coefficient (Wildman–Crippen LogP) is 5.16. The molecule has 0 fully saturated rings. The van der Waals surface area contributed by atoms with E-state index in [1.165, 1.54) is 31.7 Å². The molecule has 1 aromatic carbocycles. The van der Waals surface area contributed by atoms with Crippen molar-refractivity contribution in [3.8, 4) is 11.6 Å². The Kier molecular flexibility index (Phi) is 4.92. The maximum Gasteiger partial charge on any atom is 0.417 e. The number of benzene rings is 1. The summed E-state index contributed by atoms with van der Waals surface area (Å²) in [7, 11) is 1.51. The molecule has 1 aromatic heterocycles. The lowest BCUT2D eigenvalue weighted by molar-refractivity contribution is -0.137. The molecule has 2 aromatic rings. The standard InChI is InChI=1S/C15H11ClF3NO2/c1-21-7-6-10-2-5-14(20-9-10)22-11-3-4-13(16)12(8-11)15(17,18)19/h2-9H,1H3. The molecule has 0 radical (unpaired) electrons. The number of rotatable bonds is 4. The van der Waals surface area contributed by atoms with E-state index in [9.17, 15) is 13.2 Å². The van der Waals surface area contributed by atoms with Crippen molar-refractivity contribution in [2.75, 3.05) is 7.11 Å². The Morgan fingerprint density at radius 3 is 2.55 bits per heavy atom. The minimum absolute atomic E-state index is 0.00408. The van der Waals surface area contributed by atoms with E-state index < -0.39 is 11.7 Å². The highest BCUT2D eigenvalue weighted by Gasteiger charge is 2.33. The Morgan fingerprint density at radius 2 is 1.95 bits per heavy atom. The maximum absolute atomic E-state index is 12.8. The van der Waals surface area contributed by atoms with E-state index in [-0.39, 0.29) is 16.7 Å². The van der Waals surface area contributed by atoms with Gasteiger partial charge in [-0.25, -0.2) is 4.98 Å². The second-order valence-corrected chi connectivity index (χ2v) is 4.62. The van der Waals surface area contributed by atoms with Crippen LogP contribution in [0.1, 0.15) is 11.1 Å². The Bertz CT molecular complexity index is 669. The van der Waals surface area contributed by atoms with Crippen molar-refractivity contribution >= 4 is 17.7 Å². The number of alkyl halides is 3. The summed E-state index contributed by atoms with van der Waals surface area (Å²) in [6.07, 6.45) is 0.122. The van der Waals surface area contributed by atoms with Gasteiger partial charge in [-0.15, -0.1) is 0 Å². The Hall–Kier alpha value is -2.21. The van der Waals surface area contributed by atoms with Crippen LogP contribution < -0.4 is 4.74 Å². The van der Waals surface area contributed by atoms with Gasteiger partial charge in [0.05, 0.1) is 24.0 Å². The fourth-order valence-corrected chi connectivity index (χ4v) is 1.83. The third-order valence-corrected chi connectivity index (χ3v) is 2.95. The average Bonchev–Trinajstić information content (AvgIpc) is 2.47. The summed E-state index contributed by atoms with van der Waals surface area (Å²) in [5, 5.41) is -0.382. The quantitative estimate of drug-likeness (QED) is 0.726. The SMILES string of the molecule is COC=Cc1ccc(Oc2ccc(Cl)c(C(F)(F)F)c2)nc1. The zero-order valence-corrected chi connectivity index (χ0v) is 12.2. The molecule has 22 heavy (non-hydrogen) atoms. The topological polar surface area (TPSA) is 31.4 Å². The number of methoxy groups -OCH3 is 1. The molecular weight excluding hydrogens is 319 g/mol. The van der Waals surface area contributed by atoms with Gasteiger partial charge in [-0.05, 0) is 35.9 Å². The lowest BCUT2D eigenvalue weighted by Crippen LogP contribution is -2.06. The molecule has 0 aliphatic heterocycles. The van der Waals surface area contributed by atoms with Crippen molar-refractivity contribution in [2.45, 2.75) is 6.18 Å². The zero-order valence-electron chi connectivity index (χ0n) is 11.4. The van der Waals surface area contributed by atoms with Gasteiger partial charge in [0.15, 0.2) is 0 Å². The molecule has 0 N–H and O–H groups in total. The maximum atomic E-state index is 12.8. The van der Waals surface area contributed by atoms with Crippen molar-refractivity contribution in [1.82, 2.24) is 4.98 Å². The molecule has 7 heteroatoms. The Labute approximate surface area is 130 Å². The molecule has 3 nitrogen and oxygen atoms in total. The molecule has 0 saturated carbocycles. The van der Waals surface area contributed by atoms with Crippen LogP contribution in [0.4, 0.5) is 13.2 Å². The molecule has 116 valence electrons. The summed E-state index contributed by atoms with van der Waals surface area (Å²) in [6, 6.07) is 6.55. The van der Waals surface area contributed by atoms with Crippen molar-refractivity contribution in [3.63, 3.8) is 0 Å². The van der Waals surface area contributed by atoms with E-state index in [0.717, 1.165) is 17.7 Å². The van der Waals surface area contributed by atoms with Crippen LogP contribution in [0.15, 0.2) is 42.8 Å². The van der Waals surface area contributed by atoms with Gasteiger partial charge >= 0.3 is 6.18 Å². The molecule has 0 bridgehead atoms. The second-order valence-electron chi connectivity index (χ2n) is 4.21. The predicted molar refractivity (Wildman–Crippen MR) is 76.8 cm³/mol. The molecule has 0 amide bonds. The van der Waals surface area contributed by atoms with Gasteiger partial charge < -0.3 is 9.47 Å². The van der Waals surface area contributed by atoms with E-state index >= 15 is 0 Å². The van der Waals surface area contributed by atoms with Crippen LogP contribution in [0.5, 0.6) is 11.6 Å². The fraction of sp³-hybridized carbons (Fsp3) is 0.133. The highest BCUT2D eigenvalue weighted by molar-refractivity contribution is 6.31. The number of pyridine rings is 1. The molecule has 1 heterocycles. The van der Waals surface area contributed by atoms with Gasteiger partial charge in [0, 0.05) is 12.3 Å². The smallest absolute Gasteiger partial charge is 0.417 e. The molecule has 0 saturated heterocycles. The van der Waals surface area contributed by atoms with Gasteiger partial charge in [-0.3, -0.25) is 0 Å². The first-order chi connectivity index (χ1) is 10.4. The summed E-state index contributed by atoms with van der Waals surface area (Å²) in [5.41, 5.74) is -0.187. The Morgan fingerprint density at radius 1 is 1.18 bits per heavy atom. The summed E-state index contributed by atoms with van der Waals surface area (Å²) in [5.74, 6) is 0.175. The summed E-state index contributed by atoms with van der Waals surface area (Å²) >= 11 is 5.54. The van der Waals surface area contributed by atoms with E-state index in [4.69, 9.17) is 21.1 Å². The monoisotopic (exact) mass is 329 g/mol. The number of hydrogen-bond donors (Lipinski definition) is 0. The van der Waals surface area contributed by atoms with Crippen LogP contribution in [0.3, 0.4) is 0 Å². The first-order valence-corrected chi connectivity index (χ1v) is 6.48.